The smallest absolute Gasteiger partial charge is 0.193 e. The van der Waals surface area contributed by atoms with Crippen LogP contribution in [0.15, 0.2) is 29.3 Å². The number of methoxy groups -OCH3 is 1. The van der Waals surface area contributed by atoms with Gasteiger partial charge in [0.05, 0.1) is 7.11 Å². The molecule has 1 heterocycles. The Morgan fingerprint density at radius 3 is 2.72 bits per heavy atom. The highest BCUT2D eigenvalue weighted by Crippen LogP contribution is 2.17. The largest absolute Gasteiger partial charge is 0.497 e. The second-order valence-corrected chi connectivity index (χ2v) is 6.80. The van der Waals surface area contributed by atoms with Crippen molar-refractivity contribution in [1.29, 1.82) is 0 Å². The lowest BCUT2D eigenvalue weighted by molar-refractivity contribution is 0.186. The van der Waals surface area contributed by atoms with Crippen LogP contribution in [-0.2, 0) is 6.54 Å². The average Bonchev–Trinajstić information content (AvgIpc) is 2.65. The van der Waals surface area contributed by atoms with E-state index < -0.39 is 0 Å². The molecule has 1 fully saturated rings. The van der Waals surface area contributed by atoms with Crippen LogP contribution >= 0.6 is 0 Å². The third-order valence-corrected chi connectivity index (χ3v) is 4.82. The number of hydrogen-bond acceptors (Lipinski definition) is 3. The van der Waals surface area contributed by atoms with Gasteiger partial charge in [-0.15, -0.1) is 0 Å². The van der Waals surface area contributed by atoms with Gasteiger partial charge in [-0.1, -0.05) is 19.1 Å². The Bertz CT molecular complexity index is 529. The molecule has 0 aliphatic carbocycles. The average molecular weight is 347 g/mol. The molecule has 2 rings (SSSR count). The van der Waals surface area contributed by atoms with Crippen molar-refractivity contribution in [3.63, 3.8) is 0 Å². The van der Waals surface area contributed by atoms with E-state index in [4.69, 9.17) is 9.73 Å². The SMILES string of the molecule is CCNC(=NCC1CCCN(CC)C1)N(C)Cc1ccc(OC)cc1. The number of likely N-dealkylation sites (tertiary alicyclic amines) is 1. The maximum Gasteiger partial charge on any atom is 0.193 e. The molecule has 25 heavy (non-hydrogen) atoms. The minimum Gasteiger partial charge on any atom is -0.497 e. The molecule has 0 bridgehead atoms. The lowest BCUT2D eigenvalue weighted by Crippen LogP contribution is -2.40. The Kier molecular flexibility index (Phi) is 8.06. The Balaban J connectivity index is 1.94. The van der Waals surface area contributed by atoms with E-state index in [1.165, 1.54) is 31.5 Å². The van der Waals surface area contributed by atoms with Gasteiger partial charge < -0.3 is 19.9 Å². The van der Waals surface area contributed by atoms with E-state index in [0.29, 0.717) is 5.92 Å². The molecule has 140 valence electrons. The molecule has 1 aliphatic rings. The summed E-state index contributed by atoms with van der Waals surface area (Å²) in [7, 11) is 3.80. The molecular formula is C20H34N4O. The zero-order chi connectivity index (χ0) is 18.1. The highest BCUT2D eigenvalue weighted by molar-refractivity contribution is 5.79. The fourth-order valence-electron chi connectivity index (χ4n) is 3.35. The first-order chi connectivity index (χ1) is 12.2. The number of aliphatic imine (C=N–C) groups is 1. The van der Waals surface area contributed by atoms with Crippen molar-refractivity contribution in [3.05, 3.63) is 29.8 Å². The van der Waals surface area contributed by atoms with Crippen molar-refractivity contribution >= 4 is 5.96 Å². The fraction of sp³-hybridized carbons (Fsp3) is 0.650. The summed E-state index contributed by atoms with van der Waals surface area (Å²) in [5.41, 5.74) is 1.25. The van der Waals surface area contributed by atoms with E-state index in [-0.39, 0.29) is 0 Å². The van der Waals surface area contributed by atoms with Gasteiger partial charge in [0.1, 0.15) is 5.75 Å². The van der Waals surface area contributed by atoms with Crippen molar-refractivity contribution in [3.8, 4) is 5.75 Å². The van der Waals surface area contributed by atoms with Crippen LogP contribution in [0.1, 0.15) is 32.3 Å². The van der Waals surface area contributed by atoms with Crippen LogP contribution in [0.25, 0.3) is 0 Å². The Hall–Kier alpha value is -1.75. The summed E-state index contributed by atoms with van der Waals surface area (Å²) in [4.78, 5) is 9.66. The number of guanidine groups is 1. The van der Waals surface area contributed by atoms with Gasteiger partial charge >= 0.3 is 0 Å². The first-order valence-electron chi connectivity index (χ1n) is 9.51. The summed E-state index contributed by atoms with van der Waals surface area (Å²) in [5, 5.41) is 3.43. The van der Waals surface area contributed by atoms with Crippen LogP contribution < -0.4 is 10.1 Å². The Labute approximate surface area is 153 Å². The number of nitrogens with zero attached hydrogens (tertiary/aromatic N) is 3. The third-order valence-electron chi connectivity index (χ3n) is 4.82. The molecule has 1 N–H and O–H groups in total. The molecule has 0 spiro atoms. The molecule has 1 unspecified atom stereocenters. The van der Waals surface area contributed by atoms with E-state index in [9.17, 15) is 0 Å². The van der Waals surface area contributed by atoms with Crippen LogP contribution in [0.2, 0.25) is 0 Å². The van der Waals surface area contributed by atoms with Gasteiger partial charge in [0, 0.05) is 33.2 Å². The van der Waals surface area contributed by atoms with Gasteiger partial charge in [-0.25, -0.2) is 0 Å². The number of piperidine rings is 1. The number of benzene rings is 1. The predicted molar refractivity (Wildman–Crippen MR) is 105 cm³/mol. The molecule has 0 amide bonds. The van der Waals surface area contributed by atoms with Gasteiger partial charge in [-0.2, -0.15) is 0 Å². The first-order valence-corrected chi connectivity index (χ1v) is 9.51. The molecule has 0 saturated carbocycles. The molecule has 5 nitrogen and oxygen atoms in total. The minimum atomic E-state index is 0.678. The lowest BCUT2D eigenvalue weighted by Gasteiger charge is -2.31. The molecule has 1 aromatic rings. The Morgan fingerprint density at radius 2 is 2.08 bits per heavy atom. The summed E-state index contributed by atoms with van der Waals surface area (Å²) in [6.45, 7) is 10.6. The predicted octanol–water partition coefficient (Wildman–Crippen LogP) is 2.82. The summed E-state index contributed by atoms with van der Waals surface area (Å²) in [5.74, 6) is 2.56. The van der Waals surface area contributed by atoms with E-state index in [2.05, 4.69) is 48.1 Å². The molecule has 5 heteroatoms. The number of hydrogen-bond donors (Lipinski definition) is 1. The maximum absolute atomic E-state index is 5.23. The van der Waals surface area contributed by atoms with Gasteiger partial charge in [0.15, 0.2) is 5.96 Å². The van der Waals surface area contributed by atoms with Gasteiger partial charge in [-0.3, -0.25) is 4.99 Å². The molecule has 0 radical (unpaired) electrons. The van der Waals surface area contributed by atoms with Crippen molar-refractivity contribution < 1.29 is 4.74 Å². The van der Waals surface area contributed by atoms with Gasteiger partial charge in [0.25, 0.3) is 0 Å². The molecular weight excluding hydrogens is 312 g/mol. The second kappa shape index (κ2) is 10.3. The van der Waals surface area contributed by atoms with Crippen LogP contribution in [0.4, 0.5) is 0 Å². The van der Waals surface area contributed by atoms with Crippen LogP contribution in [0.5, 0.6) is 5.75 Å². The lowest BCUT2D eigenvalue weighted by atomic mass is 9.98. The molecule has 1 aromatic carbocycles. The fourth-order valence-corrected chi connectivity index (χ4v) is 3.35. The minimum absolute atomic E-state index is 0.678. The van der Waals surface area contributed by atoms with Gasteiger partial charge in [-0.05, 0) is 56.5 Å². The van der Waals surface area contributed by atoms with E-state index in [1.807, 2.05) is 12.1 Å². The van der Waals surface area contributed by atoms with Crippen LogP contribution in [-0.4, -0.2) is 62.6 Å². The monoisotopic (exact) mass is 346 g/mol. The van der Waals surface area contributed by atoms with E-state index >= 15 is 0 Å². The summed E-state index contributed by atoms with van der Waals surface area (Å²) >= 11 is 0. The first kappa shape index (κ1) is 19.6. The second-order valence-electron chi connectivity index (χ2n) is 6.80. The van der Waals surface area contributed by atoms with Crippen molar-refractivity contribution in [2.24, 2.45) is 10.9 Å². The molecule has 1 saturated heterocycles. The van der Waals surface area contributed by atoms with Crippen molar-refractivity contribution in [1.82, 2.24) is 15.1 Å². The van der Waals surface area contributed by atoms with Crippen molar-refractivity contribution in [2.75, 3.05) is 46.9 Å². The van der Waals surface area contributed by atoms with E-state index in [1.54, 1.807) is 7.11 Å². The number of nitrogens with one attached hydrogen (secondary N) is 1. The van der Waals surface area contributed by atoms with Crippen LogP contribution in [0, 0.1) is 5.92 Å². The summed E-state index contributed by atoms with van der Waals surface area (Å²) in [6, 6.07) is 8.24. The van der Waals surface area contributed by atoms with Crippen LogP contribution in [0.3, 0.4) is 0 Å². The zero-order valence-corrected chi connectivity index (χ0v) is 16.3. The number of ether oxygens (including phenoxy) is 1. The highest BCUT2D eigenvalue weighted by Gasteiger charge is 2.18. The van der Waals surface area contributed by atoms with Gasteiger partial charge in [0.2, 0.25) is 0 Å². The maximum atomic E-state index is 5.23. The standard InChI is InChI=1S/C20H34N4O/c1-5-21-20(22-14-18-8-7-13-24(6-2)16-18)23(3)15-17-9-11-19(25-4)12-10-17/h9-12,18H,5-8,13-16H2,1-4H3,(H,21,22). The van der Waals surface area contributed by atoms with E-state index in [0.717, 1.165) is 37.9 Å². The third kappa shape index (κ3) is 6.24. The normalized spacial score (nSPS) is 18.9. The topological polar surface area (TPSA) is 40.1 Å². The van der Waals surface area contributed by atoms with Crippen molar-refractivity contribution in [2.45, 2.75) is 33.2 Å². The molecule has 1 aliphatic heterocycles. The highest BCUT2D eigenvalue weighted by atomic mass is 16.5. The molecule has 0 aromatic heterocycles. The summed E-state index contributed by atoms with van der Waals surface area (Å²) < 4.78 is 5.23. The number of rotatable bonds is 7. The molecule has 1 atom stereocenters. The quantitative estimate of drug-likeness (QED) is 0.609. The Morgan fingerprint density at radius 1 is 1.32 bits per heavy atom. The zero-order valence-electron chi connectivity index (χ0n) is 16.3. The summed E-state index contributed by atoms with van der Waals surface area (Å²) in [6.07, 6.45) is 2.59.